The number of carbonyl (C=O) groups is 2. The van der Waals surface area contributed by atoms with Gasteiger partial charge in [0.05, 0.1) is 0 Å². The van der Waals surface area contributed by atoms with Gasteiger partial charge in [-0.25, -0.2) is 0 Å². The fourth-order valence-electron chi connectivity index (χ4n) is 7.92. The van der Waals surface area contributed by atoms with Crippen molar-refractivity contribution in [3.8, 4) is 11.3 Å². The van der Waals surface area contributed by atoms with Gasteiger partial charge in [0, 0.05) is 24.1 Å². The molecule has 4 nitrogen and oxygen atoms in total. The molecule has 4 aliphatic carbocycles. The topological polar surface area (TPSA) is 52.6 Å². The van der Waals surface area contributed by atoms with E-state index in [1.807, 2.05) is 6.08 Å². The highest BCUT2D eigenvalue weighted by atomic mass is 35.5. The molecule has 192 valence electrons. The normalized spacial score (nSPS) is 37.1. The van der Waals surface area contributed by atoms with E-state index in [0.717, 1.165) is 57.8 Å². The van der Waals surface area contributed by atoms with E-state index >= 15 is 0 Å². The van der Waals surface area contributed by atoms with Gasteiger partial charge in [0.25, 0.3) is 0 Å². The van der Waals surface area contributed by atoms with Crippen LogP contribution in [0.2, 0.25) is 0 Å². The Morgan fingerprint density at radius 2 is 1.94 bits per heavy atom. The zero-order chi connectivity index (χ0) is 25.1. The molecule has 0 spiro atoms. The van der Waals surface area contributed by atoms with Crippen LogP contribution in [-0.2, 0) is 19.1 Å². The minimum Gasteiger partial charge on any atom is -0.458 e. The van der Waals surface area contributed by atoms with Gasteiger partial charge in [-0.1, -0.05) is 44.8 Å². The number of halogens is 1. The number of hydrogen-bond acceptors (Lipinski definition) is 4. The average Bonchev–Trinajstić information content (AvgIpc) is 3.15. The number of hydrogen-bond donors (Lipinski definition) is 0. The molecule has 0 N–H and O–H groups in total. The first-order chi connectivity index (χ1) is 16.9. The van der Waals surface area contributed by atoms with Crippen molar-refractivity contribution in [1.29, 1.82) is 0 Å². The van der Waals surface area contributed by atoms with Crippen LogP contribution in [0.3, 0.4) is 0 Å². The summed E-state index contributed by atoms with van der Waals surface area (Å²) in [5.74, 6) is 4.83. The summed E-state index contributed by atoms with van der Waals surface area (Å²) in [5.41, 5.74) is 0.358. The molecule has 0 radical (unpaired) electrons. The highest BCUT2D eigenvalue weighted by Gasteiger charge is 2.63. The standard InChI is InChI=1S/C30H41ClO4/c1-4-6-7-8-9-28(33)34-23-11-13-24-22(20-23)10-12-26-25(24)14-16-29(5-2)27(26)15-17-30(29,18-19-31)35-21(3)32/h15,17,20,23-27H,4-14,16H2,1-3H3/t23-,24-,25+,26+,27-,29-,30+/m0/s1. The second-order valence-corrected chi connectivity index (χ2v) is 11.3. The minimum atomic E-state index is -0.927. The summed E-state index contributed by atoms with van der Waals surface area (Å²) in [5, 5.41) is 2.55. The lowest BCUT2D eigenvalue weighted by atomic mass is 9.49. The maximum absolute atomic E-state index is 12.3. The molecule has 2 saturated carbocycles. The molecule has 0 aromatic rings. The van der Waals surface area contributed by atoms with Crippen LogP contribution in [0.25, 0.3) is 0 Å². The molecule has 0 saturated heterocycles. The van der Waals surface area contributed by atoms with Gasteiger partial charge >= 0.3 is 11.9 Å². The highest BCUT2D eigenvalue weighted by Crippen LogP contribution is 2.64. The Bertz CT molecular complexity index is 926. The lowest BCUT2D eigenvalue weighted by Gasteiger charge is -2.56. The van der Waals surface area contributed by atoms with Crippen molar-refractivity contribution < 1.29 is 19.1 Å². The molecule has 0 bridgehead atoms. The number of fused-ring (bicyclic) bond motifs is 5. The summed E-state index contributed by atoms with van der Waals surface area (Å²) in [4.78, 5) is 24.4. The van der Waals surface area contributed by atoms with Gasteiger partial charge in [0.1, 0.15) is 6.10 Å². The monoisotopic (exact) mass is 500 g/mol. The molecular weight excluding hydrogens is 460 g/mol. The third kappa shape index (κ3) is 4.95. The molecule has 0 aromatic heterocycles. The SMILES string of the molecule is CCCCCCC(=O)O[C@@H]1C=C2CC[C@@H]3[C@H](CC[C@@]4(CC)[C@H]3C=C[C@]4(C#CCl)OC(C)=O)[C@H]2CC1. The average molecular weight is 501 g/mol. The summed E-state index contributed by atoms with van der Waals surface area (Å²) in [6.07, 6.45) is 18.6. The van der Waals surface area contributed by atoms with Gasteiger partial charge in [-0.05, 0) is 105 Å². The fourth-order valence-corrected chi connectivity index (χ4v) is 8.06. The van der Waals surface area contributed by atoms with Crippen LogP contribution in [0.15, 0.2) is 23.8 Å². The van der Waals surface area contributed by atoms with Crippen molar-refractivity contribution >= 4 is 23.5 Å². The van der Waals surface area contributed by atoms with E-state index in [0.29, 0.717) is 30.1 Å². The molecule has 0 aromatic carbocycles. The first kappa shape index (κ1) is 26.3. The number of esters is 2. The summed E-state index contributed by atoms with van der Waals surface area (Å²) in [6, 6.07) is 0. The van der Waals surface area contributed by atoms with E-state index in [1.165, 1.54) is 25.3 Å². The fraction of sp³-hybridized carbons (Fsp3) is 0.733. The van der Waals surface area contributed by atoms with Crippen LogP contribution in [0, 0.1) is 40.4 Å². The molecule has 5 heteroatoms. The van der Waals surface area contributed by atoms with Crippen LogP contribution in [0.4, 0.5) is 0 Å². The van der Waals surface area contributed by atoms with Crippen molar-refractivity contribution in [2.24, 2.45) is 29.1 Å². The van der Waals surface area contributed by atoms with Crippen LogP contribution in [-0.4, -0.2) is 23.6 Å². The molecule has 0 aliphatic heterocycles. The summed E-state index contributed by atoms with van der Waals surface area (Å²) < 4.78 is 11.8. The van der Waals surface area contributed by atoms with Gasteiger partial charge < -0.3 is 9.47 Å². The molecule has 7 atom stereocenters. The van der Waals surface area contributed by atoms with Crippen molar-refractivity contribution in [3.63, 3.8) is 0 Å². The summed E-state index contributed by atoms with van der Waals surface area (Å²) in [7, 11) is 0. The van der Waals surface area contributed by atoms with Gasteiger partial charge in [-0.3, -0.25) is 9.59 Å². The molecule has 35 heavy (non-hydrogen) atoms. The third-order valence-corrected chi connectivity index (χ3v) is 9.55. The second-order valence-electron chi connectivity index (χ2n) is 11.1. The van der Waals surface area contributed by atoms with Crippen LogP contribution in [0.5, 0.6) is 0 Å². The minimum absolute atomic E-state index is 0.0428. The number of rotatable bonds is 8. The maximum Gasteiger partial charge on any atom is 0.306 e. The zero-order valence-electron chi connectivity index (χ0n) is 21.6. The number of unbranched alkanes of at least 4 members (excludes halogenated alkanes) is 3. The quantitative estimate of drug-likeness (QED) is 0.154. The predicted molar refractivity (Wildman–Crippen MR) is 138 cm³/mol. The Hall–Kier alpha value is -1.73. The smallest absolute Gasteiger partial charge is 0.306 e. The van der Waals surface area contributed by atoms with E-state index in [9.17, 15) is 9.59 Å². The van der Waals surface area contributed by atoms with Gasteiger partial charge in [0.15, 0.2) is 5.60 Å². The summed E-state index contributed by atoms with van der Waals surface area (Å²) in [6.45, 7) is 5.84. The van der Waals surface area contributed by atoms with E-state index in [4.69, 9.17) is 21.1 Å². The summed E-state index contributed by atoms with van der Waals surface area (Å²) >= 11 is 5.90. The Balaban J connectivity index is 1.46. The molecule has 4 aliphatic rings. The number of ether oxygens (including phenoxy) is 2. The van der Waals surface area contributed by atoms with Crippen LogP contribution in [0.1, 0.15) is 97.8 Å². The number of allylic oxidation sites excluding steroid dienone is 2. The Labute approximate surface area is 216 Å². The molecule has 4 rings (SSSR count). The Morgan fingerprint density at radius 3 is 2.66 bits per heavy atom. The highest BCUT2D eigenvalue weighted by molar-refractivity contribution is 6.30. The van der Waals surface area contributed by atoms with Gasteiger partial charge in [-0.15, -0.1) is 0 Å². The molecule has 0 unspecified atom stereocenters. The Morgan fingerprint density at radius 1 is 1.11 bits per heavy atom. The van der Waals surface area contributed by atoms with Crippen molar-refractivity contribution in [2.75, 3.05) is 0 Å². The second kappa shape index (κ2) is 11.1. The van der Waals surface area contributed by atoms with E-state index < -0.39 is 5.60 Å². The molecule has 0 amide bonds. The lowest BCUT2D eigenvalue weighted by Crippen LogP contribution is -2.55. The van der Waals surface area contributed by atoms with E-state index in [-0.39, 0.29) is 23.5 Å². The van der Waals surface area contributed by atoms with Crippen molar-refractivity contribution in [1.82, 2.24) is 0 Å². The number of carbonyl (C=O) groups excluding carboxylic acids is 2. The van der Waals surface area contributed by atoms with Crippen LogP contribution < -0.4 is 0 Å². The third-order valence-electron chi connectivity index (χ3n) is 9.46. The molecular formula is C30H41ClO4. The molecule has 0 heterocycles. The lowest BCUT2D eigenvalue weighted by molar-refractivity contribution is -0.166. The first-order valence-corrected chi connectivity index (χ1v) is 14.2. The largest absolute Gasteiger partial charge is 0.458 e. The van der Waals surface area contributed by atoms with E-state index in [1.54, 1.807) is 0 Å². The molecule has 2 fully saturated rings. The van der Waals surface area contributed by atoms with Crippen molar-refractivity contribution in [2.45, 2.75) is 110 Å². The van der Waals surface area contributed by atoms with Gasteiger partial charge in [-0.2, -0.15) is 0 Å². The predicted octanol–water partition coefficient (Wildman–Crippen LogP) is 7.11. The van der Waals surface area contributed by atoms with E-state index in [2.05, 4.69) is 37.3 Å². The first-order valence-electron chi connectivity index (χ1n) is 13.8. The van der Waals surface area contributed by atoms with Gasteiger partial charge in [0.2, 0.25) is 0 Å². The Kier molecular flexibility index (Phi) is 8.37. The maximum atomic E-state index is 12.3. The van der Waals surface area contributed by atoms with Crippen LogP contribution >= 0.6 is 11.6 Å². The van der Waals surface area contributed by atoms with Crippen molar-refractivity contribution in [3.05, 3.63) is 23.8 Å². The zero-order valence-corrected chi connectivity index (χ0v) is 22.4.